The lowest BCUT2D eigenvalue weighted by Gasteiger charge is -2.27. The lowest BCUT2D eigenvalue weighted by molar-refractivity contribution is -0.151. The normalized spacial score (nSPS) is 16.5. The van der Waals surface area contributed by atoms with Gasteiger partial charge >= 0.3 is 5.97 Å². The summed E-state index contributed by atoms with van der Waals surface area (Å²) in [6.07, 6.45) is 1.64. The monoisotopic (exact) mass is 443 g/mol. The average molecular weight is 444 g/mol. The summed E-state index contributed by atoms with van der Waals surface area (Å²) in [6, 6.07) is 14.3. The first-order valence-electron chi connectivity index (χ1n) is 10.5. The molecule has 0 bridgehead atoms. The van der Waals surface area contributed by atoms with Gasteiger partial charge in [-0.2, -0.15) is 0 Å². The Hall–Kier alpha value is -2.67. The maximum atomic E-state index is 13.6. The number of esters is 1. The summed E-state index contributed by atoms with van der Waals surface area (Å²) in [4.78, 5) is 25.6. The first-order chi connectivity index (χ1) is 14.7. The SMILES string of the molecule is Cc1ccc(C)c(S(=O)(=O)C2(C(=O)OCC(=O)NC(C)c3ccccc3)CCCC2)c1. The maximum absolute atomic E-state index is 13.6. The third kappa shape index (κ3) is 4.66. The van der Waals surface area contributed by atoms with Gasteiger partial charge in [0.05, 0.1) is 10.9 Å². The predicted molar refractivity (Wildman–Crippen MR) is 118 cm³/mol. The molecule has 7 heteroatoms. The number of sulfone groups is 1. The highest BCUT2D eigenvalue weighted by Crippen LogP contribution is 2.42. The van der Waals surface area contributed by atoms with Gasteiger partial charge < -0.3 is 10.1 Å². The molecule has 1 saturated carbocycles. The molecule has 0 spiro atoms. The van der Waals surface area contributed by atoms with E-state index in [0.717, 1.165) is 11.1 Å². The van der Waals surface area contributed by atoms with Gasteiger partial charge in [0, 0.05) is 0 Å². The van der Waals surface area contributed by atoms with Crippen LogP contribution in [0, 0.1) is 13.8 Å². The van der Waals surface area contributed by atoms with Crippen LogP contribution in [0.4, 0.5) is 0 Å². The van der Waals surface area contributed by atoms with Gasteiger partial charge in [-0.05, 0) is 56.4 Å². The van der Waals surface area contributed by atoms with Crippen molar-refractivity contribution in [3.63, 3.8) is 0 Å². The van der Waals surface area contributed by atoms with Crippen LogP contribution in [0.3, 0.4) is 0 Å². The molecule has 2 aromatic carbocycles. The number of carbonyl (C=O) groups excluding carboxylic acids is 2. The van der Waals surface area contributed by atoms with Gasteiger partial charge in [-0.1, -0.05) is 55.3 Å². The van der Waals surface area contributed by atoms with Crippen molar-refractivity contribution in [3.05, 3.63) is 65.2 Å². The first kappa shape index (κ1) is 23.0. The molecule has 2 aromatic rings. The van der Waals surface area contributed by atoms with E-state index in [4.69, 9.17) is 4.74 Å². The third-order valence-corrected chi connectivity index (χ3v) is 8.56. The standard InChI is InChI=1S/C24H29NO5S/c1-17-11-12-18(2)21(15-17)31(28,29)24(13-7-8-14-24)23(27)30-16-22(26)25-19(3)20-9-5-4-6-10-20/h4-6,9-12,15,19H,7-8,13-14,16H2,1-3H3,(H,25,26). The van der Waals surface area contributed by atoms with E-state index in [2.05, 4.69) is 5.32 Å². The molecule has 1 atom stereocenters. The average Bonchev–Trinajstić information content (AvgIpc) is 3.26. The van der Waals surface area contributed by atoms with Gasteiger partial charge in [0.15, 0.2) is 21.2 Å². The van der Waals surface area contributed by atoms with Crippen molar-refractivity contribution >= 4 is 21.7 Å². The van der Waals surface area contributed by atoms with Crippen LogP contribution in [0.1, 0.15) is 55.3 Å². The van der Waals surface area contributed by atoms with Gasteiger partial charge in [-0.3, -0.25) is 9.59 Å². The lowest BCUT2D eigenvalue weighted by atomic mass is 10.1. The number of ether oxygens (including phenoxy) is 1. The lowest BCUT2D eigenvalue weighted by Crippen LogP contribution is -2.46. The molecule has 1 aliphatic rings. The number of rotatable bonds is 7. The summed E-state index contributed by atoms with van der Waals surface area (Å²) in [6.45, 7) is 4.85. The van der Waals surface area contributed by atoms with Crippen molar-refractivity contribution in [1.82, 2.24) is 5.32 Å². The number of nitrogens with one attached hydrogen (secondary N) is 1. The molecule has 1 unspecified atom stereocenters. The summed E-state index contributed by atoms with van der Waals surface area (Å²) in [7, 11) is -3.97. The van der Waals surface area contributed by atoms with Crippen molar-refractivity contribution in [1.29, 1.82) is 0 Å². The topological polar surface area (TPSA) is 89.5 Å². The molecule has 1 fully saturated rings. The van der Waals surface area contributed by atoms with Crippen LogP contribution >= 0.6 is 0 Å². The van der Waals surface area contributed by atoms with Gasteiger partial charge in [-0.25, -0.2) is 8.42 Å². The molecule has 1 aliphatic carbocycles. The van der Waals surface area contributed by atoms with Crippen LogP contribution in [0.5, 0.6) is 0 Å². The van der Waals surface area contributed by atoms with Crippen molar-refractivity contribution in [3.8, 4) is 0 Å². The molecule has 0 saturated heterocycles. The molecule has 31 heavy (non-hydrogen) atoms. The number of carbonyl (C=O) groups is 2. The summed E-state index contributed by atoms with van der Waals surface area (Å²) < 4.78 is 30.8. The fraction of sp³-hybridized carbons (Fsp3) is 0.417. The summed E-state index contributed by atoms with van der Waals surface area (Å²) in [5.74, 6) is -1.31. The number of hydrogen-bond donors (Lipinski definition) is 1. The van der Waals surface area contributed by atoms with E-state index in [1.807, 2.05) is 50.2 Å². The van der Waals surface area contributed by atoms with E-state index in [1.165, 1.54) is 0 Å². The zero-order valence-electron chi connectivity index (χ0n) is 18.2. The highest BCUT2D eigenvalue weighted by atomic mass is 32.2. The zero-order chi connectivity index (χ0) is 22.6. The summed E-state index contributed by atoms with van der Waals surface area (Å²) in [5.41, 5.74) is 2.33. The van der Waals surface area contributed by atoms with E-state index >= 15 is 0 Å². The smallest absolute Gasteiger partial charge is 0.328 e. The van der Waals surface area contributed by atoms with E-state index in [9.17, 15) is 18.0 Å². The third-order valence-electron chi connectivity index (χ3n) is 5.94. The molecular weight excluding hydrogens is 414 g/mol. The fourth-order valence-corrected chi connectivity index (χ4v) is 6.47. The minimum absolute atomic E-state index is 0.161. The van der Waals surface area contributed by atoms with Crippen molar-refractivity contribution in [2.45, 2.75) is 62.1 Å². The van der Waals surface area contributed by atoms with Gasteiger partial charge in [0.2, 0.25) is 0 Å². The molecule has 0 aromatic heterocycles. The Bertz CT molecular complexity index is 1060. The van der Waals surface area contributed by atoms with Crippen LogP contribution < -0.4 is 5.32 Å². The molecule has 0 aliphatic heterocycles. The Morgan fingerprint density at radius 1 is 1.06 bits per heavy atom. The molecular formula is C24H29NO5S. The maximum Gasteiger partial charge on any atom is 0.328 e. The van der Waals surface area contributed by atoms with E-state index in [-0.39, 0.29) is 23.8 Å². The Balaban J connectivity index is 1.75. The molecule has 166 valence electrons. The zero-order valence-corrected chi connectivity index (χ0v) is 19.0. The van der Waals surface area contributed by atoms with E-state index in [1.54, 1.807) is 19.1 Å². The highest BCUT2D eigenvalue weighted by Gasteiger charge is 2.54. The number of amides is 1. The van der Waals surface area contributed by atoms with Crippen molar-refractivity contribution < 1.29 is 22.7 Å². The first-order valence-corrected chi connectivity index (χ1v) is 12.0. The summed E-state index contributed by atoms with van der Waals surface area (Å²) in [5, 5.41) is 2.78. The second-order valence-corrected chi connectivity index (χ2v) is 10.5. The van der Waals surface area contributed by atoms with Crippen LogP contribution in [0.2, 0.25) is 0 Å². The van der Waals surface area contributed by atoms with Crippen LogP contribution in [-0.2, 0) is 24.2 Å². The Morgan fingerprint density at radius 2 is 1.71 bits per heavy atom. The molecule has 3 rings (SSSR count). The quantitative estimate of drug-likeness (QED) is 0.657. The van der Waals surface area contributed by atoms with Crippen molar-refractivity contribution in [2.24, 2.45) is 0 Å². The summed E-state index contributed by atoms with van der Waals surface area (Å²) >= 11 is 0. The predicted octanol–water partition coefficient (Wildman–Crippen LogP) is 3.81. The van der Waals surface area contributed by atoms with Crippen molar-refractivity contribution in [2.75, 3.05) is 6.61 Å². The van der Waals surface area contributed by atoms with E-state index < -0.39 is 33.1 Å². The Morgan fingerprint density at radius 3 is 2.35 bits per heavy atom. The number of benzene rings is 2. The Kier molecular flexibility index (Phi) is 6.84. The number of hydrogen-bond acceptors (Lipinski definition) is 5. The molecule has 0 heterocycles. The van der Waals surface area contributed by atoms with Gasteiger partial charge in [0.1, 0.15) is 0 Å². The molecule has 0 radical (unpaired) electrons. The molecule has 1 amide bonds. The fourth-order valence-electron chi connectivity index (χ4n) is 4.11. The van der Waals surface area contributed by atoms with Crippen LogP contribution in [0.25, 0.3) is 0 Å². The molecule has 6 nitrogen and oxygen atoms in total. The van der Waals surface area contributed by atoms with E-state index in [0.29, 0.717) is 18.4 Å². The Labute approximate surface area is 183 Å². The second-order valence-electron chi connectivity index (χ2n) is 8.25. The largest absolute Gasteiger partial charge is 0.454 e. The second kappa shape index (κ2) is 9.22. The highest BCUT2D eigenvalue weighted by molar-refractivity contribution is 7.93. The van der Waals surface area contributed by atoms with Crippen LogP contribution in [0.15, 0.2) is 53.4 Å². The van der Waals surface area contributed by atoms with Gasteiger partial charge in [-0.15, -0.1) is 0 Å². The molecule has 1 N–H and O–H groups in total. The van der Waals surface area contributed by atoms with Crippen LogP contribution in [-0.4, -0.2) is 31.6 Å². The number of aryl methyl sites for hydroxylation is 2. The minimum Gasteiger partial charge on any atom is -0.454 e. The van der Waals surface area contributed by atoms with Gasteiger partial charge in [0.25, 0.3) is 5.91 Å². The minimum atomic E-state index is -3.97.